The molecule has 0 aromatic rings. The van der Waals surface area contributed by atoms with E-state index in [9.17, 15) is 5.11 Å². The van der Waals surface area contributed by atoms with Crippen LogP contribution in [-0.4, -0.2) is 10.7 Å². The molecule has 0 aromatic carbocycles. The van der Waals surface area contributed by atoms with Gasteiger partial charge in [-0.25, -0.2) is 0 Å². The maximum atomic E-state index is 10.8. The zero-order chi connectivity index (χ0) is 13.8. The van der Waals surface area contributed by atoms with Crippen LogP contribution in [0.1, 0.15) is 64.2 Å². The van der Waals surface area contributed by atoms with E-state index < -0.39 is 0 Å². The van der Waals surface area contributed by atoms with Crippen LogP contribution >= 0.6 is 0 Å². The summed E-state index contributed by atoms with van der Waals surface area (Å²) in [5.41, 5.74) is 0.361. The van der Waals surface area contributed by atoms with Crippen molar-refractivity contribution in [3.05, 3.63) is 6.42 Å². The van der Waals surface area contributed by atoms with E-state index >= 15 is 0 Å². The minimum Gasteiger partial charge on any atom is -0.390 e. The Hall–Kier alpha value is -0.0400. The van der Waals surface area contributed by atoms with Crippen LogP contribution in [-0.2, 0) is 0 Å². The largest absolute Gasteiger partial charge is 0.390 e. The lowest BCUT2D eigenvalue weighted by Crippen LogP contribution is -2.62. The molecule has 8 aliphatic rings. The van der Waals surface area contributed by atoms with E-state index in [1.165, 1.54) is 12.8 Å². The van der Waals surface area contributed by atoms with Crippen molar-refractivity contribution in [3.63, 3.8) is 0 Å². The lowest BCUT2D eigenvalue weighted by atomic mass is 9.38. The van der Waals surface area contributed by atoms with Crippen LogP contribution < -0.4 is 0 Å². The monoisotopic (exact) mass is 285 g/mol. The van der Waals surface area contributed by atoms with Gasteiger partial charge in [-0.05, 0) is 117 Å². The van der Waals surface area contributed by atoms with Crippen LogP contribution in [0.5, 0.6) is 0 Å². The molecule has 8 saturated carbocycles. The number of aliphatic hydroxyl groups is 1. The summed E-state index contributed by atoms with van der Waals surface area (Å²) in [7, 11) is 0. The summed E-state index contributed by atoms with van der Waals surface area (Å²) in [6.07, 6.45) is 16.9. The molecular weight excluding hydrogens is 256 g/mol. The van der Waals surface area contributed by atoms with Gasteiger partial charge in [-0.3, -0.25) is 0 Å². The van der Waals surface area contributed by atoms with Gasteiger partial charge in [-0.2, -0.15) is 0 Å². The third-order valence-corrected chi connectivity index (χ3v) is 8.79. The maximum Gasteiger partial charge on any atom is 0.0687 e. The third-order valence-electron chi connectivity index (χ3n) is 8.79. The molecule has 1 N–H and O–H groups in total. The Kier molecular flexibility index (Phi) is 2.19. The summed E-state index contributed by atoms with van der Waals surface area (Å²) in [5, 5.41) is 10.8. The van der Waals surface area contributed by atoms with Gasteiger partial charge in [0.25, 0.3) is 0 Å². The smallest absolute Gasteiger partial charge is 0.0687 e. The predicted molar refractivity (Wildman–Crippen MR) is 82.3 cm³/mol. The first-order chi connectivity index (χ1) is 10.1. The average molecular weight is 285 g/mol. The van der Waals surface area contributed by atoms with E-state index in [0.717, 1.165) is 54.3 Å². The molecule has 8 aliphatic carbocycles. The molecule has 5 atom stereocenters. The molecule has 1 heteroatoms. The normalized spacial score (nSPS) is 67.0. The van der Waals surface area contributed by atoms with Crippen LogP contribution in [0.25, 0.3) is 0 Å². The fourth-order valence-electron chi connectivity index (χ4n) is 9.21. The Labute approximate surface area is 128 Å². The highest BCUT2D eigenvalue weighted by Crippen LogP contribution is 2.70. The maximum absolute atomic E-state index is 10.8. The highest BCUT2D eigenvalue weighted by Gasteiger charge is 2.63. The Morgan fingerprint density at radius 1 is 0.714 bits per heavy atom. The fraction of sp³-hybridized carbons (Fsp3) is 0.950. The third kappa shape index (κ3) is 1.57. The molecule has 1 nitrogen and oxygen atoms in total. The SMILES string of the molecule is OC12[CH]C3CC(CC(C1)C3C13CC4CC(CC(C4)C1)C3)C2. The standard InChI is InChI=1S/C20H29O/c21-20-9-15-4-16(10-20)18(17(5-15)11-20)19-6-12-1-13(7-19)3-14(2-12)8-19/h10,12-18,21H,1-9,11H2. The van der Waals surface area contributed by atoms with Crippen molar-refractivity contribution >= 4 is 0 Å². The molecule has 5 unspecified atom stereocenters. The van der Waals surface area contributed by atoms with Crippen molar-refractivity contribution < 1.29 is 5.11 Å². The van der Waals surface area contributed by atoms with Gasteiger partial charge in [0.15, 0.2) is 0 Å². The Balaban J connectivity index is 1.39. The summed E-state index contributed by atoms with van der Waals surface area (Å²) < 4.78 is 0. The van der Waals surface area contributed by atoms with Gasteiger partial charge in [0.05, 0.1) is 5.60 Å². The van der Waals surface area contributed by atoms with E-state index in [0.29, 0.717) is 5.41 Å². The van der Waals surface area contributed by atoms with Gasteiger partial charge >= 0.3 is 0 Å². The van der Waals surface area contributed by atoms with Crippen molar-refractivity contribution in [2.45, 2.75) is 69.8 Å². The first-order valence-corrected chi connectivity index (χ1v) is 9.69. The predicted octanol–water partition coefficient (Wildman–Crippen LogP) is 4.20. The molecule has 8 bridgehead atoms. The molecular formula is C20H29O. The van der Waals surface area contributed by atoms with E-state index in [1.807, 2.05) is 0 Å². The van der Waals surface area contributed by atoms with Crippen molar-refractivity contribution in [2.24, 2.45) is 46.8 Å². The molecule has 8 fully saturated rings. The second kappa shape index (κ2) is 3.71. The Bertz CT molecular complexity index is 429. The van der Waals surface area contributed by atoms with Gasteiger partial charge in [0, 0.05) is 0 Å². The van der Waals surface area contributed by atoms with Crippen molar-refractivity contribution in [3.8, 4) is 0 Å². The minimum absolute atomic E-state index is 0.352. The summed E-state index contributed by atoms with van der Waals surface area (Å²) in [6.45, 7) is 0. The quantitative estimate of drug-likeness (QED) is 0.765. The summed E-state index contributed by atoms with van der Waals surface area (Å²) in [4.78, 5) is 0. The van der Waals surface area contributed by atoms with Crippen LogP contribution in [0.15, 0.2) is 0 Å². The van der Waals surface area contributed by atoms with Crippen LogP contribution in [0.4, 0.5) is 0 Å². The topological polar surface area (TPSA) is 20.2 Å². The molecule has 0 heterocycles. The summed E-state index contributed by atoms with van der Waals surface area (Å²) in [5.74, 6) is 6.70. The molecule has 0 amide bonds. The van der Waals surface area contributed by atoms with Crippen molar-refractivity contribution in [1.82, 2.24) is 0 Å². The second-order valence-corrected chi connectivity index (χ2v) is 10.2. The zero-order valence-corrected chi connectivity index (χ0v) is 13.1. The van der Waals surface area contributed by atoms with Crippen LogP contribution in [0, 0.1) is 53.3 Å². The molecule has 21 heavy (non-hydrogen) atoms. The molecule has 0 aromatic heterocycles. The Morgan fingerprint density at radius 2 is 1.33 bits per heavy atom. The van der Waals surface area contributed by atoms with Gasteiger partial charge in [0.2, 0.25) is 0 Å². The van der Waals surface area contributed by atoms with E-state index in [2.05, 4.69) is 6.42 Å². The van der Waals surface area contributed by atoms with E-state index in [1.54, 1.807) is 38.5 Å². The number of hydrogen-bond acceptors (Lipinski definition) is 1. The second-order valence-electron chi connectivity index (χ2n) is 10.2. The lowest BCUT2D eigenvalue weighted by molar-refractivity contribution is -0.183. The Morgan fingerprint density at radius 3 is 1.90 bits per heavy atom. The van der Waals surface area contributed by atoms with Crippen molar-refractivity contribution in [1.29, 1.82) is 0 Å². The molecule has 0 saturated heterocycles. The van der Waals surface area contributed by atoms with Crippen molar-refractivity contribution in [2.75, 3.05) is 0 Å². The molecule has 1 radical (unpaired) electrons. The highest BCUT2D eigenvalue weighted by atomic mass is 16.3. The molecule has 115 valence electrons. The van der Waals surface area contributed by atoms with Gasteiger partial charge < -0.3 is 5.11 Å². The molecule has 8 rings (SSSR count). The highest BCUT2D eigenvalue weighted by molar-refractivity contribution is 5.19. The van der Waals surface area contributed by atoms with Gasteiger partial charge in [-0.1, -0.05) is 0 Å². The lowest BCUT2D eigenvalue weighted by Gasteiger charge is -2.67. The fourth-order valence-corrected chi connectivity index (χ4v) is 9.21. The van der Waals surface area contributed by atoms with Crippen LogP contribution in [0.2, 0.25) is 0 Å². The van der Waals surface area contributed by atoms with E-state index in [4.69, 9.17) is 0 Å². The first kappa shape index (κ1) is 12.4. The molecule has 0 spiro atoms. The molecule has 0 aliphatic heterocycles. The average Bonchev–Trinajstić information content (AvgIpc) is 2.33. The number of rotatable bonds is 1. The summed E-state index contributed by atoms with van der Waals surface area (Å²) in [6, 6.07) is 0. The number of hydrogen-bond donors (Lipinski definition) is 1. The zero-order valence-electron chi connectivity index (χ0n) is 13.1. The van der Waals surface area contributed by atoms with Gasteiger partial charge in [-0.15, -0.1) is 0 Å². The minimum atomic E-state index is -0.352. The van der Waals surface area contributed by atoms with E-state index in [-0.39, 0.29) is 5.60 Å². The van der Waals surface area contributed by atoms with Crippen LogP contribution in [0.3, 0.4) is 0 Å². The summed E-state index contributed by atoms with van der Waals surface area (Å²) >= 11 is 0. The van der Waals surface area contributed by atoms with Gasteiger partial charge in [0.1, 0.15) is 0 Å². The first-order valence-electron chi connectivity index (χ1n) is 9.69.